The number of para-hydroxylation sites is 1. The molecular weight excluding hydrogens is 242 g/mol. The Kier molecular flexibility index (Phi) is 5.48. The van der Waals surface area contributed by atoms with E-state index in [2.05, 4.69) is 5.48 Å². The lowest BCUT2D eigenvalue weighted by molar-refractivity contribution is -0.0246. The summed E-state index contributed by atoms with van der Waals surface area (Å²) in [6, 6.07) is 5.91. The monoisotopic (exact) mass is 265 g/mol. The quantitative estimate of drug-likeness (QED) is 0.769. The smallest absolute Gasteiger partial charge is 0.165 e. The van der Waals surface area contributed by atoms with Crippen LogP contribution in [0.25, 0.3) is 0 Å². The predicted octanol–water partition coefficient (Wildman–Crippen LogP) is 3.06. The third-order valence-corrected chi connectivity index (χ3v) is 3.38. The van der Waals surface area contributed by atoms with Gasteiger partial charge in [0.15, 0.2) is 11.5 Å². The Morgan fingerprint density at radius 3 is 2.74 bits per heavy atom. The van der Waals surface area contributed by atoms with Gasteiger partial charge in [-0.3, -0.25) is 4.84 Å². The Bertz CT molecular complexity index is 389. The molecule has 0 amide bonds. The van der Waals surface area contributed by atoms with Gasteiger partial charge in [0.25, 0.3) is 0 Å². The molecule has 1 saturated carbocycles. The zero-order valence-corrected chi connectivity index (χ0v) is 11.8. The minimum atomic E-state index is 0.362. The van der Waals surface area contributed by atoms with Gasteiger partial charge >= 0.3 is 0 Å². The van der Waals surface area contributed by atoms with Crippen LogP contribution in [0.2, 0.25) is 0 Å². The summed E-state index contributed by atoms with van der Waals surface area (Å²) >= 11 is 0. The highest BCUT2D eigenvalue weighted by molar-refractivity contribution is 5.46. The van der Waals surface area contributed by atoms with Crippen LogP contribution >= 0.6 is 0 Å². The number of benzene rings is 1. The van der Waals surface area contributed by atoms with Crippen molar-refractivity contribution in [2.24, 2.45) is 0 Å². The average molecular weight is 265 g/mol. The third-order valence-electron chi connectivity index (χ3n) is 3.38. The highest BCUT2D eigenvalue weighted by Gasteiger charge is 2.16. The predicted molar refractivity (Wildman–Crippen MR) is 74.3 cm³/mol. The van der Waals surface area contributed by atoms with Gasteiger partial charge in [-0.15, -0.1) is 0 Å². The van der Waals surface area contributed by atoms with Gasteiger partial charge in [0, 0.05) is 12.1 Å². The second-order valence-corrected chi connectivity index (χ2v) is 4.73. The number of ether oxygens (including phenoxy) is 2. The molecule has 19 heavy (non-hydrogen) atoms. The van der Waals surface area contributed by atoms with E-state index in [9.17, 15) is 0 Å². The first kappa shape index (κ1) is 14.2. The van der Waals surface area contributed by atoms with Crippen molar-refractivity contribution in [1.29, 1.82) is 0 Å². The van der Waals surface area contributed by atoms with Crippen molar-refractivity contribution in [2.75, 3.05) is 13.7 Å². The molecule has 0 radical (unpaired) electrons. The molecule has 1 aromatic carbocycles. The Morgan fingerprint density at radius 2 is 2.05 bits per heavy atom. The van der Waals surface area contributed by atoms with E-state index in [-0.39, 0.29) is 0 Å². The number of methoxy groups -OCH3 is 1. The summed E-state index contributed by atoms with van der Waals surface area (Å²) in [5.74, 6) is 1.57. The first-order chi connectivity index (χ1) is 9.35. The molecule has 1 aliphatic rings. The van der Waals surface area contributed by atoms with Crippen LogP contribution in [0, 0.1) is 0 Å². The molecule has 1 N–H and O–H groups in total. The second kappa shape index (κ2) is 7.36. The minimum absolute atomic E-state index is 0.362. The zero-order valence-electron chi connectivity index (χ0n) is 11.8. The molecule has 2 rings (SSSR count). The average Bonchev–Trinajstić information content (AvgIpc) is 2.93. The molecule has 4 heteroatoms. The molecule has 4 nitrogen and oxygen atoms in total. The first-order valence-corrected chi connectivity index (χ1v) is 7.02. The molecule has 1 aromatic rings. The van der Waals surface area contributed by atoms with Crippen LogP contribution in [0.15, 0.2) is 18.2 Å². The second-order valence-electron chi connectivity index (χ2n) is 4.73. The molecule has 1 fully saturated rings. The van der Waals surface area contributed by atoms with Crippen LogP contribution in [0.4, 0.5) is 0 Å². The lowest BCUT2D eigenvalue weighted by Crippen LogP contribution is -2.21. The molecule has 0 atom stereocenters. The summed E-state index contributed by atoms with van der Waals surface area (Å²) in [7, 11) is 1.67. The normalized spacial score (nSPS) is 15.7. The standard InChI is InChI=1S/C15H23NO3/c1-3-18-14-10-6-7-12(15(14)17-2)11-16-19-13-8-4-5-9-13/h6-7,10,13,16H,3-5,8-9,11H2,1-2H3. The molecule has 0 bridgehead atoms. The Hall–Kier alpha value is -1.26. The summed E-state index contributed by atoms with van der Waals surface area (Å²) in [6.45, 7) is 3.22. The van der Waals surface area contributed by atoms with E-state index in [0.717, 1.165) is 29.9 Å². The van der Waals surface area contributed by atoms with Crippen molar-refractivity contribution < 1.29 is 14.3 Å². The van der Waals surface area contributed by atoms with Gasteiger partial charge < -0.3 is 9.47 Å². The SMILES string of the molecule is CCOc1cccc(CNOC2CCCC2)c1OC. The highest BCUT2D eigenvalue weighted by atomic mass is 16.7. The molecule has 0 heterocycles. The van der Waals surface area contributed by atoms with Crippen molar-refractivity contribution in [1.82, 2.24) is 5.48 Å². The van der Waals surface area contributed by atoms with E-state index in [1.165, 1.54) is 12.8 Å². The first-order valence-electron chi connectivity index (χ1n) is 7.02. The van der Waals surface area contributed by atoms with Crippen molar-refractivity contribution in [3.8, 4) is 11.5 Å². The maximum atomic E-state index is 5.66. The third kappa shape index (κ3) is 3.85. The Labute approximate surface area is 115 Å². The maximum Gasteiger partial charge on any atom is 0.165 e. The summed E-state index contributed by atoms with van der Waals surface area (Å²) < 4.78 is 11.0. The van der Waals surface area contributed by atoms with Crippen molar-refractivity contribution in [2.45, 2.75) is 45.3 Å². The number of hydrogen-bond donors (Lipinski definition) is 1. The summed E-state index contributed by atoms with van der Waals surface area (Å²) in [5, 5.41) is 0. The van der Waals surface area contributed by atoms with Crippen LogP contribution in [0.3, 0.4) is 0 Å². The summed E-state index contributed by atoms with van der Waals surface area (Å²) in [4.78, 5) is 5.66. The number of hydrogen-bond acceptors (Lipinski definition) is 4. The number of rotatable bonds is 7. The molecule has 0 aliphatic heterocycles. The minimum Gasteiger partial charge on any atom is -0.493 e. The fourth-order valence-electron chi connectivity index (χ4n) is 2.44. The lowest BCUT2D eigenvalue weighted by atomic mass is 10.2. The maximum absolute atomic E-state index is 5.66. The van der Waals surface area contributed by atoms with Gasteiger partial charge in [-0.25, -0.2) is 0 Å². The highest BCUT2D eigenvalue weighted by Crippen LogP contribution is 2.31. The van der Waals surface area contributed by atoms with E-state index in [1.807, 2.05) is 25.1 Å². The van der Waals surface area contributed by atoms with Crippen LogP contribution in [0.5, 0.6) is 11.5 Å². The summed E-state index contributed by atoms with van der Waals surface area (Å²) in [6.07, 6.45) is 5.22. The zero-order chi connectivity index (χ0) is 13.5. The summed E-state index contributed by atoms with van der Waals surface area (Å²) in [5.41, 5.74) is 4.10. The molecule has 1 aliphatic carbocycles. The molecule has 106 valence electrons. The molecule has 0 aromatic heterocycles. The molecule has 0 saturated heterocycles. The van der Waals surface area contributed by atoms with Crippen molar-refractivity contribution in [3.63, 3.8) is 0 Å². The van der Waals surface area contributed by atoms with Crippen molar-refractivity contribution in [3.05, 3.63) is 23.8 Å². The molecular formula is C15H23NO3. The molecule has 0 unspecified atom stereocenters. The van der Waals surface area contributed by atoms with E-state index in [0.29, 0.717) is 19.3 Å². The van der Waals surface area contributed by atoms with Crippen LogP contribution in [-0.2, 0) is 11.4 Å². The topological polar surface area (TPSA) is 39.7 Å². The van der Waals surface area contributed by atoms with E-state index >= 15 is 0 Å². The lowest BCUT2D eigenvalue weighted by Gasteiger charge is -2.15. The number of nitrogens with one attached hydrogen (secondary N) is 1. The van der Waals surface area contributed by atoms with Crippen LogP contribution in [0.1, 0.15) is 38.2 Å². The van der Waals surface area contributed by atoms with E-state index < -0.39 is 0 Å². The number of hydroxylamine groups is 1. The fourth-order valence-corrected chi connectivity index (χ4v) is 2.44. The largest absolute Gasteiger partial charge is 0.493 e. The van der Waals surface area contributed by atoms with Gasteiger partial charge in [-0.2, -0.15) is 5.48 Å². The van der Waals surface area contributed by atoms with Crippen LogP contribution in [-0.4, -0.2) is 19.8 Å². The fraction of sp³-hybridized carbons (Fsp3) is 0.600. The Morgan fingerprint density at radius 1 is 1.26 bits per heavy atom. The molecule has 0 spiro atoms. The van der Waals surface area contributed by atoms with E-state index in [1.54, 1.807) is 7.11 Å². The van der Waals surface area contributed by atoms with Gasteiger partial charge in [-0.05, 0) is 25.8 Å². The Balaban J connectivity index is 1.92. The van der Waals surface area contributed by atoms with Crippen molar-refractivity contribution >= 4 is 0 Å². The van der Waals surface area contributed by atoms with Crippen LogP contribution < -0.4 is 15.0 Å². The van der Waals surface area contributed by atoms with Gasteiger partial charge in [0.05, 0.1) is 19.8 Å². The van der Waals surface area contributed by atoms with E-state index in [4.69, 9.17) is 14.3 Å². The van der Waals surface area contributed by atoms with Gasteiger partial charge in [0.2, 0.25) is 0 Å². The van der Waals surface area contributed by atoms with Gasteiger partial charge in [0.1, 0.15) is 0 Å². The van der Waals surface area contributed by atoms with Gasteiger partial charge in [-0.1, -0.05) is 25.0 Å².